The van der Waals surface area contributed by atoms with E-state index in [1.165, 1.54) is 30.0 Å². The SMILES string of the molecule is Cc1cc(C(=O)CSc2nc(N)cc(N)n2)c(C)n1Cc1ccc(F)cc1. The first-order valence-corrected chi connectivity index (χ1v) is 9.29. The average Bonchev–Trinajstić information content (AvgIpc) is 2.89. The number of thioether (sulfide) groups is 1. The number of nitrogen functional groups attached to an aromatic ring is 2. The normalized spacial score (nSPS) is 10.9. The van der Waals surface area contributed by atoms with E-state index in [1.54, 1.807) is 12.1 Å². The van der Waals surface area contributed by atoms with Crippen LogP contribution in [0.25, 0.3) is 0 Å². The van der Waals surface area contributed by atoms with E-state index in [0.717, 1.165) is 17.0 Å². The summed E-state index contributed by atoms with van der Waals surface area (Å²) in [5.74, 6) is 0.439. The lowest BCUT2D eigenvalue weighted by molar-refractivity contribution is 0.102. The van der Waals surface area contributed by atoms with Crippen LogP contribution in [-0.4, -0.2) is 26.1 Å². The minimum Gasteiger partial charge on any atom is -0.383 e. The summed E-state index contributed by atoms with van der Waals surface area (Å²) in [6.07, 6.45) is 0. The fourth-order valence-electron chi connectivity index (χ4n) is 2.83. The second kappa shape index (κ2) is 7.79. The van der Waals surface area contributed by atoms with Crippen LogP contribution in [-0.2, 0) is 6.54 Å². The summed E-state index contributed by atoms with van der Waals surface area (Å²) in [4.78, 5) is 20.8. The first-order valence-electron chi connectivity index (χ1n) is 8.30. The molecule has 0 saturated carbocycles. The molecule has 2 heterocycles. The average molecular weight is 385 g/mol. The van der Waals surface area contributed by atoms with Crippen molar-refractivity contribution in [2.45, 2.75) is 25.5 Å². The third-order valence-corrected chi connectivity index (χ3v) is 5.05. The number of hydrogen-bond acceptors (Lipinski definition) is 6. The monoisotopic (exact) mass is 385 g/mol. The molecule has 0 fully saturated rings. The van der Waals surface area contributed by atoms with Crippen molar-refractivity contribution in [3.8, 4) is 0 Å². The number of hydrogen-bond donors (Lipinski definition) is 2. The summed E-state index contributed by atoms with van der Waals surface area (Å²) in [7, 11) is 0. The van der Waals surface area contributed by atoms with E-state index in [4.69, 9.17) is 11.5 Å². The lowest BCUT2D eigenvalue weighted by Crippen LogP contribution is -2.08. The van der Waals surface area contributed by atoms with E-state index in [2.05, 4.69) is 9.97 Å². The fourth-order valence-corrected chi connectivity index (χ4v) is 3.59. The highest BCUT2D eigenvalue weighted by molar-refractivity contribution is 7.99. The van der Waals surface area contributed by atoms with Gasteiger partial charge in [-0.05, 0) is 37.6 Å². The van der Waals surface area contributed by atoms with Gasteiger partial charge < -0.3 is 16.0 Å². The zero-order chi connectivity index (χ0) is 19.6. The minimum absolute atomic E-state index is 0.0250. The molecule has 0 unspecified atom stereocenters. The van der Waals surface area contributed by atoms with Gasteiger partial charge in [-0.3, -0.25) is 4.79 Å². The van der Waals surface area contributed by atoms with Crippen LogP contribution in [0.15, 0.2) is 41.6 Å². The number of aromatic nitrogens is 3. The number of halogens is 1. The molecule has 0 saturated heterocycles. The summed E-state index contributed by atoms with van der Waals surface area (Å²) in [5.41, 5.74) is 14.8. The van der Waals surface area contributed by atoms with E-state index in [1.807, 2.05) is 24.5 Å². The number of carbonyl (C=O) groups excluding carboxylic acids is 1. The van der Waals surface area contributed by atoms with Crippen molar-refractivity contribution in [1.82, 2.24) is 14.5 Å². The van der Waals surface area contributed by atoms with E-state index in [0.29, 0.717) is 17.3 Å². The van der Waals surface area contributed by atoms with E-state index < -0.39 is 0 Å². The quantitative estimate of drug-likeness (QED) is 0.384. The molecule has 6 nitrogen and oxygen atoms in total. The largest absolute Gasteiger partial charge is 0.383 e. The maximum absolute atomic E-state index is 13.1. The lowest BCUT2D eigenvalue weighted by Gasteiger charge is -2.10. The standard InChI is InChI=1S/C19H20FN5OS/c1-11-7-15(12(2)25(11)9-13-3-5-14(20)6-4-13)16(26)10-27-19-23-17(21)8-18(22)24-19/h3-8H,9-10H2,1-2H3,(H4,21,22,23,24). The molecule has 0 aliphatic rings. The highest BCUT2D eigenvalue weighted by Crippen LogP contribution is 2.22. The molecule has 0 spiro atoms. The van der Waals surface area contributed by atoms with Crippen molar-refractivity contribution in [2.24, 2.45) is 0 Å². The van der Waals surface area contributed by atoms with Crippen LogP contribution < -0.4 is 11.5 Å². The van der Waals surface area contributed by atoms with Crippen molar-refractivity contribution < 1.29 is 9.18 Å². The Kier molecular flexibility index (Phi) is 5.46. The van der Waals surface area contributed by atoms with Gasteiger partial charge in [0.2, 0.25) is 0 Å². The first-order chi connectivity index (χ1) is 12.8. The number of carbonyl (C=O) groups is 1. The van der Waals surface area contributed by atoms with Crippen LogP contribution >= 0.6 is 11.8 Å². The second-order valence-electron chi connectivity index (χ2n) is 6.21. The zero-order valence-electron chi connectivity index (χ0n) is 15.1. The van der Waals surface area contributed by atoms with Crippen LogP contribution in [0.3, 0.4) is 0 Å². The van der Waals surface area contributed by atoms with Crippen LogP contribution in [0.5, 0.6) is 0 Å². The fraction of sp³-hybridized carbons (Fsp3) is 0.211. The Bertz CT molecular complexity index is 964. The molecule has 2 aromatic heterocycles. The molecule has 0 bridgehead atoms. The number of nitrogens with zero attached hydrogens (tertiary/aromatic N) is 3. The number of aryl methyl sites for hydroxylation is 1. The van der Waals surface area contributed by atoms with Gasteiger partial charge in [-0.2, -0.15) is 0 Å². The number of anilines is 2. The molecular weight excluding hydrogens is 365 g/mol. The van der Waals surface area contributed by atoms with E-state index in [9.17, 15) is 9.18 Å². The topological polar surface area (TPSA) is 99.8 Å². The minimum atomic E-state index is -0.267. The maximum Gasteiger partial charge on any atom is 0.191 e. The molecule has 4 N–H and O–H groups in total. The highest BCUT2D eigenvalue weighted by atomic mass is 32.2. The Morgan fingerprint density at radius 2 is 1.74 bits per heavy atom. The van der Waals surface area contributed by atoms with Crippen LogP contribution in [0.4, 0.5) is 16.0 Å². The van der Waals surface area contributed by atoms with Gasteiger partial charge >= 0.3 is 0 Å². The summed E-state index contributed by atoms with van der Waals surface area (Å²) in [5, 5.41) is 0.376. The van der Waals surface area contributed by atoms with Crippen molar-refractivity contribution in [3.63, 3.8) is 0 Å². The molecule has 0 aliphatic heterocycles. The molecule has 8 heteroatoms. The summed E-state index contributed by atoms with van der Waals surface area (Å²) in [6.45, 7) is 4.43. The zero-order valence-corrected chi connectivity index (χ0v) is 15.9. The highest BCUT2D eigenvalue weighted by Gasteiger charge is 2.17. The number of Topliss-reactive ketones (excluding diaryl/α,β-unsaturated/α-hetero) is 1. The third kappa shape index (κ3) is 4.46. The van der Waals surface area contributed by atoms with E-state index in [-0.39, 0.29) is 29.0 Å². The van der Waals surface area contributed by atoms with Crippen molar-refractivity contribution >= 4 is 29.2 Å². The Balaban J connectivity index is 1.74. The Morgan fingerprint density at radius 3 is 2.37 bits per heavy atom. The molecule has 0 aliphatic carbocycles. The van der Waals surface area contributed by atoms with Crippen LogP contribution in [0.1, 0.15) is 27.3 Å². The summed E-state index contributed by atoms with van der Waals surface area (Å²) < 4.78 is 15.1. The van der Waals surface area contributed by atoms with Gasteiger partial charge in [0, 0.05) is 29.6 Å². The molecule has 0 radical (unpaired) electrons. The lowest BCUT2D eigenvalue weighted by atomic mass is 10.2. The number of ketones is 1. The predicted octanol–water partition coefficient (Wildman–Crippen LogP) is 3.22. The third-order valence-electron chi connectivity index (χ3n) is 4.21. The molecule has 27 heavy (non-hydrogen) atoms. The van der Waals surface area contributed by atoms with Gasteiger partial charge in [-0.1, -0.05) is 23.9 Å². The molecule has 3 aromatic rings. The molecular formula is C19H20FN5OS. The van der Waals surface area contributed by atoms with Gasteiger partial charge in [0.1, 0.15) is 17.5 Å². The van der Waals surface area contributed by atoms with Crippen molar-refractivity contribution in [2.75, 3.05) is 17.2 Å². The second-order valence-corrected chi connectivity index (χ2v) is 7.15. The molecule has 3 rings (SSSR count). The van der Waals surface area contributed by atoms with E-state index >= 15 is 0 Å². The van der Waals surface area contributed by atoms with Gasteiger partial charge in [-0.15, -0.1) is 0 Å². The Labute approximate surface area is 160 Å². The van der Waals surface area contributed by atoms with Gasteiger partial charge in [0.05, 0.1) is 5.75 Å². The van der Waals surface area contributed by atoms with Crippen molar-refractivity contribution in [1.29, 1.82) is 0 Å². The summed E-state index contributed by atoms with van der Waals surface area (Å²) >= 11 is 1.20. The van der Waals surface area contributed by atoms with Gasteiger partial charge in [0.15, 0.2) is 10.9 Å². The molecule has 140 valence electrons. The molecule has 1 aromatic carbocycles. The number of benzene rings is 1. The summed E-state index contributed by atoms with van der Waals surface area (Å²) in [6, 6.07) is 9.69. The first kappa shape index (κ1) is 18.9. The van der Waals surface area contributed by atoms with Gasteiger partial charge in [-0.25, -0.2) is 14.4 Å². The Hall–Kier alpha value is -2.87. The molecule has 0 amide bonds. The van der Waals surface area contributed by atoms with Crippen LogP contribution in [0, 0.1) is 19.7 Å². The molecule has 0 atom stereocenters. The Morgan fingerprint density at radius 1 is 1.11 bits per heavy atom. The number of rotatable bonds is 6. The van der Waals surface area contributed by atoms with Crippen LogP contribution in [0.2, 0.25) is 0 Å². The predicted molar refractivity (Wildman–Crippen MR) is 105 cm³/mol. The van der Waals surface area contributed by atoms with Crippen molar-refractivity contribution in [3.05, 3.63) is 64.7 Å². The number of nitrogens with two attached hydrogens (primary N) is 2. The maximum atomic E-state index is 13.1. The van der Waals surface area contributed by atoms with Gasteiger partial charge in [0.25, 0.3) is 0 Å². The smallest absolute Gasteiger partial charge is 0.191 e.